The average Bonchev–Trinajstić information content (AvgIpc) is 2.47. The first-order chi connectivity index (χ1) is 10.3. The molecular formula is C16H13BrO5. The fraction of sp³-hybridized carbons (Fsp3) is 0.188. The Morgan fingerprint density at radius 2 is 1.68 bits per heavy atom. The van der Waals surface area contributed by atoms with Crippen molar-refractivity contribution in [3.63, 3.8) is 0 Å². The lowest BCUT2D eigenvalue weighted by atomic mass is 9.66. The molecule has 0 aromatic heterocycles. The number of carbonyl (C=O) groups excluding carboxylic acids is 1. The number of ketones is 1. The van der Waals surface area contributed by atoms with Crippen LogP contribution in [-0.2, 0) is 9.59 Å². The number of allylic oxidation sites excluding steroid dienone is 2. The summed E-state index contributed by atoms with van der Waals surface area (Å²) < 4.78 is 0.138. The van der Waals surface area contributed by atoms with Gasteiger partial charge in [-0.3, -0.25) is 9.59 Å². The molecule has 0 saturated heterocycles. The summed E-state index contributed by atoms with van der Waals surface area (Å²) in [7, 11) is 0. The van der Waals surface area contributed by atoms with E-state index >= 15 is 0 Å². The molecule has 6 heteroatoms. The molecule has 2 rings (SSSR count). The van der Waals surface area contributed by atoms with Crippen LogP contribution in [0, 0.1) is 11.3 Å². The molecule has 0 radical (unpaired) electrons. The molecule has 0 bridgehead atoms. The molecule has 1 aliphatic rings. The van der Waals surface area contributed by atoms with Crippen LogP contribution in [0.15, 0.2) is 52.5 Å². The lowest BCUT2D eigenvalue weighted by Gasteiger charge is -2.36. The topological polar surface area (TPSA) is 91.7 Å². The number of rotatable bonds is 4. The van der Waals surface area contributed by atoms with Crippen LogP contribution in [-0.4, -0.2) is 27.9 Å². The van der Waals surface area contributed by atoms with Gasteiger partial charge in [-0.1, -0.05) is 59.3 Å². The summed E-state index contributed by atoms with van der Waals surface area (Å²) in [5, 5.41) is 19.0. The molecule has 0 aliphatic heterocycles. The standard InChI is InChI=1S/C16H13BrO5/c1-9-11(14(19)20)7-8-12(17)16(9,15(21)22)13(18)10-5-3-2-4-6-10/h2-9H,1H3,(H,19,20)(H,21,22). The zero-order chi connectivity index (χ0) is 16.5. The van der Waals surface area contributed by atoms with E-state index in [0.717, 1.165) is 0 Å². The van der Waals surface area contributed by atoms with Crippen LogP contribution in [0.4, 0.5) is 0 Å². The van der Waals surface area contributed by atoms with Crippen LogP contribution in [0.25, 0.3) is 0 Å². The van der Waals surface area contributed by atoms with Gasteiger partial charge in [0.2, 0.25) is 0 Å². The molecular weight excluding hydrogens is 352 g/mol. The van der Waals surface area contributed by atoms with Crippen LogP contribution >= 0.6 is 15.9 Å². The zero-order valence-electron chi connectivity index (χ0n) is 11.6. The van der Waals surface area contributed by atoms with E-state index in [1.807, 2.05) is 0 Å². The van der Waals surface area contributed by atoms with E-state index in [-0.39, 0.29) is 15.6 Å². The summed E-state index contributed by atoms with van der Waals surface area (Å²) in [5.41, 5.74) is -1.88. The van der Waals surface area contributed by atoms with Crippen molar-refractivity contribution < 1.29 is 24.6 Å². The normalized spacial score (nSPS) is 24.2. The monoisotopic (exact) mass is 364 g/mol. The van der Waals surface area contributed by atoms with E-state index in [1.165, 1.54) is 31.2 Å². The third-order valence-corrected chi connectivity index (χ3v) is 4.77. The second kappa shape index (κ2) is 5.88. The first-order valence-corrected chi connectivity index (χ1v) is 7.27. The number of hydrogen-bond acceptors (Lipinski definition) is 3. The Morgan fingerprint density at radius 1 is 1.09 bits per heavy atom. The van der Waals surface area contributed by atoms with Crippen molar-refractivity contribution in [1.82, 2.24) is 0 Å². The van der Waals surface area contributed by atoms with Crippen LogP contribution in [0.3, 0.4) is 0 Å². The maximum Gasteiger partial charge on any atom is 0.331 e. The molecule has 1 aliphatic carbocycles. The van der Waals surface area contributed by atoms with Crippen LogP contribution < -0.4 is 0 Å². The van der Waals surface area contributed by atoms with Crippen LogP contribution in [0.5, 0.6) is 0 Å². The molecule has 2 atom stereocenters. The lowest BCUT2D eigenvalue weighted by Crippen LogP contribution is -2.48. The summed E-state index contributed by atoms with van der Waals surface area (Å²) in [6.07, 6.45) is 2.63. The molecule has 22 heavy (non-hydrogen) atoms. The van der Waals surface area contributed by atoms with Crippen molar-refractivity contribution in [2.45, 2.75) is 6.92 Å². The highest BCUT2D eigenvalue weighted by atomic mass is 79.9. The molecule has 0 heterocycles. The molecule has 0 amide bonds. The molecule has 0 saturated carbocycles. The SMILES string of the molecule is CC1C(C(=O)O)=CC=C(Br)C1(C(=O)O)C(=O)c1ccccc1. The number of carboxylic acid groups (broad SMARTS) is 2. The molecule has 1 aromatic carbocycles. The predicted molar refractivity (Wildman–Crippen MR) is 82.7 cm³/mol. The Morgan fingerprint density at radius 3 is 2.18 bits per heavy atom. The van der Waals surface area contributed by atoms with E-state index in [4.69, 9.17) is 0 Å². The van der Waals surface area contributed by atoms with Gasteiger partial charge in [0.15, 0.2) is 11.2 Å². The van der Waals surface area contributed by atoms with E-state index in [2.05, 4.69) is 15.9 Å². The van der Waals surface area contributed by atoms with Gasteiger partial charge >= 0.3 is 11.9 Å². The molecule has 2 unspecified atom stereocenters. The van der Waals surface area contributed by atoms with Crippen molar-refractivity contribution >= 4 is 33.7 Å². The van der Waals surface area contributed by atoms with E-state index in [0.29, 0.717) is 0 Å². The number of benzene rings is 1. The van der Waals surface area contributed by atoms with Gasteiger partial charge in [-0.05, 0) is 6.08 Å². The highest BCUT2D eigenvalue weighted by Gasteiger charge is 2.56. The average molecular weight is 365 g/mol. The molecule has 5 nitrogen and oxygen atoms in total. The Hall–Kier alpha value is -2.21. The van der Waals surface area contributed by atoms with Crippen molar-refractivity contribution in [3.8, 4) is 0 Å². The molecule has 114 valence electrons. The number of halogens is 1. The van der Waals surface area contributed by atoms with Gasteiger partial charge in [-0.15, -0.1) is 0 Å². The zero-order valence-corrected chi connectivity index (χ0v) is 13.2. The highest BCUT2D eigenvalue weighted by Crippen LogP contribution is 2.48. The third kappa shape index (κ3) is 2.29. The number of aliphatic carboxylic acids is 2. The van der Waals surface area contributed by atoms with Crippen molar-refractivity contribution in [1.29, 1.82) is 0 Å². The number of hydrogen-bond donors (Lipinski definition) is 2. The second-order valence-corrected chi connectivity index (χ2v) is 5.83. The minimum Gasteiger partial charge on any atom is -0.480 e. The Balaban J connectivity index is 2.66. The van der Waals surface area contributed by atoms with E-state index in [9.17, 15) is 24.6 Å². The Bertz CT molecular complexity index is 705. The van der Waals surface area contributed by atoms with Gasteiger partial charge in [0.05, 0.1) is 0 Å². The molecule has 0 spiro atoms. The predicted octanol–water partition coefficient (Wildman–Crippen LogP) is 2.88. The number of carboxylic acids is 2. The second-order valence-electron chi connectivity index (χ2n) is 4.97. The maximum atomic E-state index is 12.9. The number of Topliss-reactive ketones (excluding diaryl/α,β-unsaturated/α-hetero) is 1. The minimum absolute atomic E-state index is 0.116. The fourth-order valence-corrected chi connectivity index (χ4v) is 3.47. The Kier molecular flexibility index (Phi) is 4.32. The van der Waals surface area contributed by atoms with Crippen molar-refractivity contribution in [2.24, 2.45) is 11.3 Å². The van der Waals surface area contributed by atoms with Gasteiger partial charge in [0.25, 0.3) is 0 Å². The minimum atomic E-state index is -1.98. The summed E-state index contributed by atoms with van der Waals surface area (Å²) in [6, 6.07) is 7.99. The highest BCUT2D eigenvalue weighted by molar-refractivity contribution is 9.11. The van der Waals surface area contributed by atoms with Crippen molar-refractivity contribution in [2.75, 3.05) is 0 Å². The Labute approximate surface area is 135 Å². The van der Waals surface area contributed by atoms with Gasteiger partial charge in [-0.2, -0.15) is 0 Å². The van der Waals surface area contributed by atoms with E-state index in [1.54, 1.807) is 18.2 Å². The van der Waals surface area contributed by atoms with Crippen molar-refractivity contribution in [3.05, 3.63) is 58.1 Å². The van der Waals surface area contributed by atoms with Gasteiger partial charge in [0.1, 0.15) is 0 Å². The fourth-order valence-electron chi connectivity index (χ4n) is 2.64. The van der Waals surface area contributed by atoms with E-state index < -0.39 is 29.1 Å². The van der Waals surface area contributed by atoms with Crippen LogP contribution in [0.1, 0.15) is 17.3 Å². The quantitative estimate of drug-likeness (QED) is 0.632. The van der Waals surface area contributed by atoms with Gasteiger partial charge in [0, 0.05) is 21.5 Å². The summed E-state index contributed by atoms with van der Waals surface area (Å²) in [6.45, 7) is 1.43. The first kappa shape index (κ1) is 16.2. The number of carbonyl (C=O) groups is 3. The molecule has 2 N–H and O–H groups in total. The smallest absolute Gasteiger partial charge is 0.331 e. The third-order valence-electron chi connectivity index (χ3n) is 3.88. The van der Waals surface area contributed by atoms with Gasteiger partial charge in [-0.25, -0.2) is 4.79 Å². The first-order valence-electron chi connectivity index (χ1n) is 6.47. The van der Waals surface area contributed by atoms with Crippen LogP contribution in [0.2, 0.25) is 0 Å². The largest absolute Gasteiger partial charge is 0.480 e. The molecule has 0 fully saturated rings. The maximum absolute atomic E-state index is 12.9. The lowest BCUT2D eigenvalue weighted by molar-refractivity contribution is -0.145. The summed E-state index contributed by atoms with van der Waals surface area (Å²) in [4.78, 5) is 36.2. The molecule has 1 aromatic rings. The van der Waals surface area contributed by atoms with Gasteiger partial charge < -0.3 is 10.2 Å². The summed E-state index contributed by atoms with van der Waals surface area (Å²) >= 11 is 3.15. The summed E-state index contributed by atoms with van der Waals surface area (Å²) in [5.74, 6) is -4.29.